The smallest absolute Gasteiger partial charge is 0.236 e. The number of hydrogen-bond acceptors (Lipinski definition) is 1. The third kappa shape index (κ3) is 1.15. The van der Waals surface area contributed by atoms with Crippen LogP contribution >= 0.6 is 0 Å². The Bertz CT molecular complexity index is 238. The monoisotopic (exact) mass is 167 g/mol. The minimum Gasteiger partial charge on any atom is -0.321 e. The van der Waals surface area contributed by atoms with E-state index in [-0.39, 0.29) is 11.3 Å². The summed E-state index contributed by atoms with van der Waals surface area (Å²) in [5.41, 5.74) is 0.943. The first kappa shape index (κ1) is 9.30. The molecule has 0 aromatic rings. The zero-order valence-corrected chi connectivity index (χ0v) is 8.51. The van der Waals surface area contributed by atoms with Gasteiger partial charge >= 0.3 is 0 Å². The molecule has 0 aromatic carbocycles. The Balaban J connectivity index is 3.03. The predicted molar refractivity (Wildman–Crippen MR) is 49.5 cm³/mol. The van der Waals surface area contributed by atoms with E-state index in [1.54, 1.807) is 4.90 Å². The van der Waals surface area contributed by atoms with Crippen molar-refractivity contribution in [3.05, 3.63) is 11.8 Å². The van der Waals surface area contributed by atoms with Gasteiger partial charge in [-0.15, -0.1) is 0 Å². The van der Waals surface area contributed by atoms with Crippen LogP contribution in [-0.2, 0) is 4.79 Å². The first-order valence-corrected chi connectivity index (χ1v) is 4.37. The molecule has 0 radical (unpaired) electrons. The summed E-state index contributed by atoms with van der Waals surface area (Å²) < 4.78 is 0. The van der Waals surface area contributed by atoms with Crippen molar-refractivity contribution in [3.63, 3.8) is 0 Å². The maximum Gasteiger partial charge on any atom is 0.236 e. The van der Waals surface area contributed by atoms with Crippen LogP contribution in [0.15, 0.2) is 11.8 Å². The van der Waals surface area contributed by atoms with Crippen LogP contribution in [0.4, 0.5) is 0 Å². The molecule has 2 nitrogen and oxygen atoms in total. The molecular formula is C10H17NO. The average Bonchev–Trinajstić information content (AvgIpc) is 2.13. The fourth-order valence-electron chi connectivity index (χ4n) is 1.86. The van der Waals surface area contributed by atoms with E-state index in [1.807, 2.05) is 27.1 Å². The fraction of sp³-hybridized carbons (Fsp3) is 0.700. The SMILES string of the molecule is CC(C)C1=CN(C)C(=O)C1(C)C. The van der Waals surface area contributed by atoms with E-state index in [1.165, 1.54) is 5.57 Å². The Morgan fingerprint density at radius 1 is 1.42 bits per heavy atom. The molecule has 1 aliphatic heterocycles. The summed E-state index contributed by atoms with van der Waals surface area (Å²) in [5.74, 6) is 0.653. The van der Waals surface area contributed by atoms with Crippen LogP contribution in [0.25, 0.3) is 0 Å². The van der Waals surface area contributed by atoms with Gasteiger partial charge in [-0.3, -0.25) is 4.79 Å². The third-order valence-corrected chi connectivity index (χ3v) is 2.53. The van der Waals surface area contributed by atoms with Crippen molar-refractivity contribution in [1.29, 1.82) is 0 Å². The molecule has 0 unspecified atom stereocenters. The van der Waals surface area contributed by atoms with Crippen molar-refractivity contribution in [2.75, 3.05) is 7.05 Å². The van der Waals surface area contributed by atoms with Crippen LogP contribution in [0.3, 0.4) is 0 Å². The largest absolute Gasteiger partial charge is 0.321 e. The van der Waals surface area contributed by atoms with Gasteiger partial charge in [-0.1, -0.05) is 13.8 Å². The number of rotatable bonds is 1. The van der Waals surface area contributed by atoms with Crippen LogP contribution in [0.2, 0.25) is 0 Å². The van der Waals surface area contributed by atoms with Crippen LogP contribution in [0, 0.1) is 11.3 Å². The molecule has 12 heavy (non-hydrogen) atoms. The summed E-state index contributed by atoms with van der Waals surface area (Å²) >= 11 is 0. The van der Waals surface area contributed by atoms with E-state index in [4.69, 9.17) is 0 Å². The summed E-state index contributed by atoms with van der Waals surface area (Å²) in [4.78, 5) is 13.3. The molecule has 0 saturated carbocycles. The molecule has 0 fully saturated rings. The molecule has 0 N–H and O–H groups in total. The highest BCUT2D eigenvalue weighted by molar-refractivity contribution is 5.88. The van der Waals surface area contributed by atoms with E-state index >= 15 is 0 Å². The molecule has 0 aliphatic carbocycles. The van der Waals surface area contributed by atoms with Gasteiger partial charge in [-0.05, 0) is 25.3 Å². The Morgan fingerprint density at radius 3 is 2.08 bits per heavy atom. The normalized spacial score (nSPS) is 22.0. The van der Waals surface area contributed by atoms with E-state index in [2.05, 4.69) is 13.8 Å². The minimum atomic E-state index is -0.289. The lowest BCUT2D eigenvalue weighted by atomic mass is 9.80. The van der Waals surface area contributed by atoms with Crippen molar-refractivity contribution in [1.82, 2.24) is 4.90 Å². The number of nitrogens with zero attached hydrogens (tertiary/aromatic N) is 1. The zero-order chi connectivity index (χ0) is 9.52. The van der Waals surface area contributed by atoms with Gasteiger partial charge in [0.1, 0.15) is 0 Å². The lowest BCUT2D eigenvalue weighted by Gasteiger charge is -2.22. The molecule has 2 heteroatoms. The highest BCUT2D eigenvalue weighted by Crippen LogP contribution is 2.38. The Hall–Kier alpha value is -0.790. The summed E-state index contributed by atoms with van der Waals surface area (Å²) in [5, 5.41) is 0. The molecule has 1 aliphatic rings. The summed E-state index contributed by atoms with van der Waals surface area (Å²) in [6.07, 6.45) is 1.97. The quantitative estimate of drug-likeness (QED) is 0.585. The standard InChI is InChI=1S/C10H17NO/c1-7(2)8-6-11(5)9(12)10(8,3)4/h6-7H,1-5H3. The first-order chi connectivity index (χ1) is 5.37. The molecule has 68 valence electrons. The molecule has 0 spiro atoms. The molecule has 0 atom stereocenters. The second kappa shape index (κ2) is 2.61. The van der Waals surface area contributed by atoms with Gasteiger partial charge in [-0.25, -0.2) is 0 Å². The highest BCUT2D eigenvalue weighted by atomic mass is 16.2. The number of amides is 1. The predicted octanol–water partition coefficient (Wildman–Crippen LogP) is 2.02. The maximum atomic E-state index is 11.6. The molecule has 0 aromatic heterocycles. The summed E-state index contributed by atoms with van der Waals surface area (Å²) in [7, 11) is 1.82. The van der Waals surface area contributed by atoms with Gasteiger partial charge in [0.2, 0.25) is 5.91 Å². The second-order valence-corrected chi connectivity index (χ2v) is 4.28. The second-order valence-electron chi connectivity index (χ2n) is 4.28. The van der Waals surface area contributed by atoms with Gasteiger partial charge < -0.3 is 4.90 Å². The van der Waals surface area contributed by atoms with Crippen molar-refractivity contribution < 1.29 is 4.79 Å². The fourth-order valence-corrected chi connectivity index (χ4v) is 1.86. The minimum absolute atomic E-state index is 0.200. The van der Waals surface area contributed by atoms with Crippen LogP contribution in [-0.4, -0.2) is 17.9 Å². The molecule has 1 heterocycles. The van der Waals surface area contributed by atoms with Crippen molar-refractivity contribution in [3.8, 4) is 0 Å². The molecule has 1 rings (SSSR count). The summed E-state index contributed by atoms with van der Waals surface area (Å²) in [6.45, 7) is 8.23. The van der Waals surface area contributed by atoms with Crippen LogP contribution < -0.4 is 0 Å². The molecular weight excluding hydrogens is 150 g/mol. The van der Waals surface area contributed by atoms with E-state index < -0.39 is 0 Å². The van der Waals surface area contributed by atoms with Gasteiger partial charge in [0.15, 0.2) is 0 Å². The zero-order valence-electron chi connectivity index (χ0n) is 8.51. The average molecular weight is 167 g/mol. The number of carbonyl (C=O) groups is 1. The van der Waals surface area contributed by atoms with E-state index in [9.17, 15) is 4.79 Å². The van der Waals surface area contributed by atoms with Gasteiger partial charge in [0.25, 0.3) is 0 Å². The maximum absolute atomic E-state index is 11.6. The van der Waals surface area contributed by atoms with Crippen molar-refractivity contribution in [2.24, 2.45) is 11.3 Å². The van der Waals surface area contributed by atoms with E-state index in [0.29, 0.717) is 5.92 Å². The van der Waals surface area contributed by atoms with Gasteiger partial charge in [-0.2, -0.15) is 0 Å². The van der Waals surface area contributed by atoms with Crippen molar-refractivity contribution >= 4 is 5.91 Å². The Kier molecular flexibility index (Phi) is 2.02. The first-order valence-electron chi connectivity index (χ1n) is 4.37. The Morgan fingerprint density at radius 2 is 1.92 bits per heavy atom. The van der Waals surface area contributed by atoms with Crippen LogP contribution in [0.1, 0.15) is 27.7 Å². The van der Waals surface area contributed by atoms with E-state index in [0.717, 1.165) is 0 Å². The lowest BCUT2D eigenvalue weighted by Crippen LogP contribution is -2.30. The lowest BCUT2D eigenvalue weighted by molar-refractivity contribution is -0.132. The molecule has 1 amide bonds. The molecule has 0 bridgehead atoms. The van der Waals surface area contributed by atoms with Gasteiger partial charge in [0.05, 0.1) is 5.41 Å². The number of carbonyl (C=O) groups excluding carboxylic acids is 1. The Labute approximate surface area is 74.2 Å². The summed E-state index contributed by atoms with van der Waals surface area (Å²) in [6, 6.07) is 0. The van der Waals surface area contributed by atoms with Crippen LogP contribution in [0.5, 0.6) is 0 Å². The molecule has 0 saturated heterocycles. The highest BCUT2D eigenvalue weighted by Gasteiger charge is 2.40. The number of hydrogen-bond donors (Lipinski definition) is 0. The van der Waals surface area contributed by atoms with Gasteiger partial charge in [0, 0.05) is 13.2 Å². The van der Waals surface area contributed by atoms with Crippen molar-refractivity contribution in [2.45, 2.75) is 27.7 Å². The topological polar surface area (TPSA) is 20.3 Å². The third-order valence-electron chi connectivity index (χ3n) is 2.53.